The first-order valence-corrected chi connectivity index (χ1v) is 6.47. The monoisotopic (exact) mass is 316 g/mol. The molecule has 1 fully saturated rings. The van der Waals surface area contributed by atoms with E-state index >= 15 is 0 Å². The third kappa shape index (κ3) is 2.76. The molecule has 1 aliphatic rings. The van der Waals surface area contributed by atoms with Gasteiger partial charge in [-0.15, -0.1) is 0 Å². The molecule has 6 nitrogen and oxygen atoms in total. The number of ether oxygens (including phenoxy) is 1. The van der Waals surface area contributed by atoms with Crippen molar-refractivity contribution in [2.45, 2.75) is 18.9 Å². The van der Waals surface area contributed by atoms with Crippen molar-refractivity contribution in [1.82, 2.24) is 9.88 Å². The number of rotatable bonds is 2. The van der Waals surface area contributed by atoms with Crippen molar-refractivity contribution >= 4 is 41.0 Å². The zero-order valence-electron chi connectivity index (χ0n) is 10.4. The Balaban J connectivity index is 2.35. The van der Waals surface area contributed by atoms with E-state index in [2.05, 4.69) is 9.72 Å². The van der Waals surface area contributed by atoms with Gasteiger partial charge in [0.2, 0.25) is 5.91 Å². The van der Waals surface area contributed by atoms with Gasteiger partial charge in [0.05, 0.1) is 7.11 Å². The maximum atomic E-state index is 12.3. The normalized spacial score (nSPS) is 18.2. The van der Waals surface area contributed by atoms with Crippen LogP contribution in [0, 0.1) is 0 Å². The number of pyridine rings is 1. The molecule has 2 rings (SSSR count). The van der Waals surface area contributed by atoms with Crippen LogP contribution in [-0.2, 0) is 14.3 Å². The number of nitrogens with zero attached hydrogens (tertiary/aromatic N) is 2. The molecule has 0 radical (unpaired) electrons. The minimum Gasteiger partial charge on any atom is -0.467 e. The number of halogens is 2. The fraction of sp³-hybridized carbons (Fsp3) is 0.333. The largest absolute Gasteiger partial charge is 0.467 e. The van der Waals surface area contributed by atoms with E-state index in [1.807, 2.05) is 0 Å². The molecule has 1 aliphatic heterocycles. The van der Waals surface area contributed by atoms with Gasteiger partial charge in [0, 0.05) is 12.0 Å². The summed E-state index contributed by atoms with van der Waals surface area (Å²) in [6, 6.07) is 1.66. The molecule has 0 saturated carbocycles. The lowest BCUT2D eigenvalue weighted by Gasteiger charge is -2.20. The highest BCUT2D eigenvalue weighted by molar-refractivity contribution is 6.33. The Kier molecular flexibility index (Phi) is 4.25. The molecule has 1 aromatic heterocycles. The van der Waals surface area contributed by atoms with Crippen LogP contribution in [0.2, 0.25) is 10.3 Å². The second-order valence-electron chi connectivity index (χ2n) is 4.15. The summed E-state index contributed by atoms with van der Waals surface area (Å²) in [6.07, 6.45) is 0.349. The molecule has 20 heavy (non-hydrogen) atoms. The van der Waals surface area contributed by atoms with Crippen LogP contribution in [0.5, 0.6) is 0 Å². The molecule has 0 aliphatic carbocycles. The Morgan fingerprint density at radius 2 is 1.95 bits per heavy atom. The number of carbonyl (C=O) groups is 3. The minimum atomic E-state index is -0.911. The van der Waals surface area contributed by atoms with Crippen molar-refractivity contribution in [3.63, 3.8) is 0 Å². The zero-order chi connectivity index (χ0) is 14.9. The van der Waals surface area contributed by atoms with Crippen molar-refractivity contribution in [1.29, 1.82) is 0 Å². The average molecular weight is 317 g/mol. The van der Waals surface area contributed by atoms with Crippen molar-refractivity contribution < 1.29 is 19.1 Å². The van der Waals surface area contributed by atoms with Gasteiger partial charge in [0.15, 0.2) is 0 Å². The van der Waals surface area contributed by atoms with Crippen LogP contribution in [0.25, 0.3) is 0 Å². The summed E-state index contributed by atoms with van der Waals surface area (Å²) in [7, 11) is 1.20. The van der Waals surface area contributed by atoms with Gasteiger partial charge in [-0.1, -0.05) is 23.2 Å². The fourth-order valence-electron chi connectivity index (χ4n) is 2.03. The van der Waals surface area contributed by atoms with Gasteiger partial charge >= 0.3 is 5.97 Å². The van der Waals surface area contributed by atoms with Crippen molar-refractivity contribution in [2.24, 2.45) is 0 Å². The summed E-state index contributed by atoms with van der Waals surface area (Å²) in [5, 5.41) is 0.0595. The first-order valence-electron chi connectivity index (χ1n) is 5.71. The lowest BCUT2D eigenvalue weighted by Crippen LogP contribution is -2.43. The number of hydrogen-bond donors (Lipinski definition) is 0. The number of carbonyl (C=O) groups excluding carboxylic acids is 3. The summed E-state index contributed by atoms with van der Waals surface area (Å²) >= 11 is 11.4. The Hall–Kier alpha value is -1.66. The van der Waals surface area contributed by atoms with E-state index in [1.165, 1.54) is 19.2 Å². The topological polar surface area (TPSA) is 76.6 Å². The number of aromatic nitrogens is 1. The molecule has 0 aromatic carbocycles. The highest BCUT2D eigenvalue weighted by atomic mass is 35.5. The van der Waals surface area contributed by atoms with Gasteiger partial charge < -0.3 is 4.74 Å². The second-order valence-corrected chi connectivity index (χ2v) is 4.92. The van der Waals surface area contributed by atoms with Crippen LogP contribution in [0.15, 0.2) is 12.1 Å². The van der Waals surface area contributed by atoms with Gasteiger partial charge in [-0.05, 0) is 18.6 Å². The summed E-state index contributed by atoms with van der Waals surface area (Å²) in [5.74, 6) is -1.71. The first kappa shape index (κ1) is 14.7. The number of hydrogen-bond acceptors (Lipinski definition) is 5. The van der Waals surface area contributed by atoms with E-state index in [0.29, 0.717) is 0 Å². The van der Waals surface area contributed by atoms with Crippen LogP contribution >= 0.6 is 23.2 Å². The van der Waals surface area contributed by atoms with Crippen molar-refractivity contribution in [2.75, 3.05) is 7.11 Å². The number of methoxy groups -OCH3 is 1. The van der Waals surface area contributed by atoms with E-state index in [4.69, 9.17) is 23.2 Å². The molecular formula is C12H10Cl2N2O4. The Morgan fingerprint density at radius 3 is 2.50 bits per heavy atom. The minimum absolute atomic E-state index is 0.0297. The van der Waals surface area contributed by atoms with Gasteiger partial charge in [-0.3, -0.25) is 14.5 Å². The van der Waals surface area contributed by atoms with Crippen LogP contribution in [0.1, 0.15) is 23.2 Å². The summed E-state index contributed by atoms with van der Waals surface area (Å²) in [5.41, 5.74) is 0.0964. The van der Waals surface area contributed by atoms with E-state index < -0.39 is 23.8 Å². The number of likely N-dealkylation sites (tertiary alicyclic amines) is 1. The predicted octanol–water partition coefficient (Wildman–Crippen LogP) is 1.69. The fourth-order valence-corrected chi connectivity index (χ4v) is 2.49. The Bertz CT molecular complexity index is 571. The average Bonchev–Trinajstić information content (AvgIpc) is 2.77. The molecular weight excluding hydrogens is 307 g/mol. The summed E-state index contributed by atoms with van der Waals surface area (Å²) in [6.45, 7) is 0. The SMILES string of the molecule is COC(=O)[C@@H]1CCC(=O)N1C(=O)c1cc(Cl)nc(Cl)c1. The highest BCUT2D eigenvalue weighted by Crippen LogP contribution is 2.24. The van der Waals surface area contributed by atoms with Gasteiger partial charge in [-0.2, -0.15) is 0 Å². The molecule has 0 spiro atoms. The quantitative estimate of drug-likeness (QED) is 0.471. The third-order valence-electron chi connectivity index (χ3n) is 2.91. The number of esters is 1. The summed E-state index contributed by atoms with van der Waals surface area (Å²) < 4.78 is 4.60. The summed E-state index contributed by atoms with van der Waals surface area (Å²) in [4.78, 5) is 40.4. The van der Waals surface area contributed by atoms with E-state index in [0.717, 1.165) is 4.90 Å². The maximum absolute atomic E-state index is 12.3. The van der Waals surface area contributed by atoms with E-state index in [9.17, 15) is 14.4 Å². The molecule has 0 N–H and O–H groups in total. The van der Waals surface area contributed by atoms with Gasteiger partial charge in [0.1, 0.15) is 16.3 Å². The molecule has 2 heterocycles. The van der Waals surface area contributed by atoms with Crippen LogP contribution < -0.4 is 0 Å². The molecule has 1 saturated heterocycles. The van der Waals surface area contributed by atoms with Gasteiger partial charge in [-0.25, -0.2) is 9.78 Å². The second kappa shape index (κ2) is 5.76. The first-order chi connectivity index (χ1) is 9.43. The molecule has 1 aromatic rings. The van der Waals surface area contributed by atoms with E-state index in [1.54, 1.807) is 0 Å². The predicted molar refractivity (Wildman–Crippen MR) is 70.5 cm³/mol. The van der Waals surface area contributed by atoms with Crippen LogP contribution in [-0.4, -0.2) is 40.8 Å². The lowest BCUT2D eigenvalue weighted by molar-refractivity contribution is -0.147. The third-order valence-corrected chi connectivity index (χ3v) is 3.30. The van der Waals surface area contributed by atoms with Crippen LogP contribution in [0.4, 0.5) is 0 Å². The Morgan fingerprint density at radius 1 is 1.35 bits per heavy atom. The zero-order valence-corrected chi connectivity index (χ0v) is 11.9. The number of amides is 2. The van der Waals surface area contributed by atoms with E-state index in [-0.39, 0.29) is 28.7 Å². The standard InChI is InChI=1S/C12H10Cl2N2O4/c1-20-12(19)7-2-3-10(17)16(7)11(18)6-4-8(13)15-9(14)5-6/h4-5,7H,2-3H2,1H3/t7-/m0/s1. The van der Waals surface area contributed by atoms with Crippen molar-refractivity contribution in [3.8, 4) is 0 Å². The molecule has 0 bridgehead atoms. The molecule has 1 atom stereocenters. The smallest absolute Gasteiger partial charge is 0.329 e. The van der Waals surface area contributed by atoms with Crippen molar-refractivity contribution in [3.05, 3.63) is 28.0 Å². The highest BCUT2D eigenvalue weighted by Gasteiger charge is 2.41. The maximum Gasteiger partial charge on any atom is 0.329 e. The Labute approximate surface area is 124 Å². The molecule has 8 heteroatoms. The van der Waals surface area contributed by atoms with Gasteiger partial charge in [0.25, 0.3) is 5.91 Å². The molecule has 2 amide bonds. The molecule has 0 unspecified atom stereocenters. The molecule has 106 valence electrons. The lowest BCUT2D eigenvalue weighted by atomic mass is 10.2. The van der Waals surface area contributed by atoms with Crippen LogP contribution in [0.3, 0.4) is 0 Å². The number of imide groups is 1.